The van der Waals surface area contributed by atoms with Crippen LogP contribution in [0.5, 0.6) is 5.75 Å². The third-order valence-corrected chi connectivity index (χ3v) is 2.74. The first-order valence-electron chi connectivity index (χ1n) is 6.73. The maximum Gasteiger partial charge on any atom is 0.119 e. The number of benzene rings is 1. The Balaban J connectivity index is 2.23. The quantitative estimate of drug-likeness (QED) is 0.702. The molecule has 0 aromatic heterocycles. The zero-order chi connectivity index (χ0) is 14.3. The van der Waals surface area contributed by atoms with Gasteiger partial charge in [-0.25, -0.2) is 0 Å². The molecule has 0 saturated carbocycles. The van der Waals surface area contributed by atoms with Gasteiger partial charge in [-0.15, -0.1) is 0 Å². The number of nitrogens with zero attached hydrogens (tertiary/aromatic N) is 1. The van der Waals surface area contributed by atoms with Crippen LogP contribution in [0.1, 0.15) is 25.8 Å². The molecule has 108 valence electrons. The first-order chi connectivity index (χ1) is 8.90. The van der Waals surface area contributed by atoms with Gasteiger partial charge in [-0.3, -0.25) is 0 Å². The normalized spacial score (nSPS) is 11.9. The molecule has 0 aliphatic rings. The molecule has 19 heavy (non-hydrogen) atoms. The first-order valence-corrected chi connectivity index (χ1v) is 6.73. The molecule has 0 amide bonds. The molecule has 0 heterocycles. The van der Waals surface area contributed by atoms with Crippen LogP contribution in [0, 0.1) is 0 Å². The molecular formula is C15H26N2O2. The van der Waals surface area contributed by atoms with Gasteiger partial charge in [0.15, 0.2) is 0 Å². The van der Waals surface area contributed by atoms with Crippen LogP contribution in [-0.4, -0.2) is 42.4 Å². The number of hydrogen-bond donors (Lipinski definition) is 2. The molecule has 0 bridgehead atoms. The van der Waals surface area contributed by atoms with Crippen molar-refractivity contribution in [3.8, 4) is 5.75 Å². The summed E-state index contributed by atoms with van der Waals surface area (Å²) in [5, 5.41) is 9.70. The zero-order valence-electron chi connectivity index (χ0n) is 12.2. The standard InChI is InChI=1S/C15H26N2O2/c1-15(2,18)12-17(3)8-5-9-19-14-7-4-6-13(10-14)11-16/h4,6-7,10,18H,5,8-9,11-12,16H2,1-3H3. The second-order valence-electron chi connectivity index (χ2n) is 5.60. The summed E-state index contributed by atoms with van der Waals surface area (Å²) in [6, 6.07) is 7.86. The lowest BCUT2D eigenvalue weighted by molar-refractivity contribution is 0.0433. The molecule has 0 aliphatic heterocycles. The lowest BCUT2D eigenvalue weighted by Gasteiger charge is -2.25. The van der Waals surface area contributed by atoms with Crippen molar-refractivity contribution < 1.29 is 9.84 Å². The van der Waals surface area contributed by atoms with Crippen molar-refractivity contribution in [3.63, 3.8) is 0 Å². The molecule has 3 N–H and O–H groups in total. The lowest BCUT2D eigenvalue weighted by Crippen LogP contribution is -2.37. The molecule has 0 aliphatic carbocycles. The minimum Gasteiger partial charge on any atom is -0.494 e. The van der Waals surface area contributed by atoms with E-state index in [1.807, 2.05) is 45.2 Å². The summed E-state index contributed by atoms with van der Waals surface area (Å²) in [7, 11) is 2.01. The smallest absolute Gasteiger partial charge is 0.119 e. The molecule has 0 radical (unpaired) electrons. The predicted octanol–water partition coefficient (Wildman–Crippen LogP) is 1.62. The summed E-state index contributed by atoms with van der Waals surface area (Å²) in [5.74, 6) is 0.869. The highest BCUT2D eigenvalue weighted by atomic mass is 16.5. The predicted molar refractivity (Wildman–Crippen MR) is 78.2 cm³/mol. The summed E-state index contributed by atoms with van der Waals surface area (Å²) >= 11 is 0. The Morgan fingerprint density at radius 1 is 1.37 bits per heavy atom. The summed E-state index contributed by atoms with van der Waals surface area (Å²) in [4.78, 5) is 2.11. The van der Waals surface area contributed by atoms with Gasteiger partial charge in [0.05, 0.1) is 12.2 Å². The Labute approximate surface area is 116 Å². The highest BCUT2D eigenvalue weighted by Gasteiger charge is 2.14. The summed E-state index contributed by atoms with van der Waals surface area (Å²) in [6.45, 7) is 6.41. The third-order valence-electron chi connectivity index (χ3n) is 2.74. The average molecular weight is 266 g/mol. The number of rotatable bonds is 8. The molecular weight excluding hydrogens is 240 g/mol. The number of nitrogens with two attached hydrogens (primary N) is 1. The van der Waals surface area contributed by atoms with Crippen LogP contribution in [0.2, 0.25) is 0 Å². The second-order valence-corrected chi connectivity index (χ2v) is 5.60. The van der Waals surface area contributed by atoms with E-state index in [9.17, 15) is 5.11 Å². The van der Waals surface area contributed by atoms with Crippen molar-refractivity contribution in [2.75, 3.05) is 26.7 Å². The maximum atomic E-state index is 9.70. The van der Waals surface area contributed by atoms with Crippen molar-refractivity contribution in [2.45, 2.75) is 32.4 Å². The lowest BCUT2D eigenvalue weighted by atomic mass is 10.1. The minimum absolute atomic E-state index is 0.533. The van der Waals surface area contributed by atoms with Crippen molar-refractivity contribution in [2.24, 2.45) is 5.73 Å². The molecule has 0 unspecified atom stereocenters. The summed E-state index contributed by atoms with van der Waals surface area (Å²) in [6.07, 6.45) is 0.930. The Kier molecular flexibility index (Phi) is 6.28. The van der Waals surface area contributed by atoms with Crippen LogP contribution in [0.4, 0.5) is 0 Å². The van der Waals surface area contributed by atoms with E-state index in [-0.39, 0.29) is 0 Å². The Morgan fingerprint density at radius 2 is 2.11 bits per heavy atom. The van der Waals surface area contributed by atoms with E-state index in [1.54, 1.807) is 0 Å². The van der Waals surface area contributed by atoms with Gasteiger partial charge in [0, 0.05) is 19.6 Å². The number of hydrogen-bond acceptors (Lipinski definition) is 4. The molecule has 0 spiro atoms. The molecule has 4 nitrogen and oxygen atoms in total. The van der Waals surface area contributed by atoms with Crippen LogP contribution in [-0.2, 0) is 6.54 Å². The highest BCUT2D eigenvalue weighted by molar-refractivity contribution is 5.28. The van der Waals surface area contributed by atoms with E-state index in [0.717, 1.165) is 24.3 Å². The molecule has 0 atom stereocenters. The SMILES string of the molecule is CN(CCCOc1cccc(CN)c1)CC(C)(C)O. The van der Waals surface area contributed by atoms with Gasteiger partial charge in [0.2, 0.25) is 0 Å². The van der Waals surface area contributed by atoms with Gasteiger partial charge < -0.3 is 20.5 Å². The topological polar surface area (TPSA) is 58.7 Å². The molecule has 4 heteroatoms. The van der Waals surface area contributed by atoms with Gasteiger partial charge in [0.1, 0.15) is 5.75 Å². The fraction of sp³-hybridized carbons (Fsp3) is 0.600. The fourth-order valence-corrected chi connectivity index (χ4v) is 2.03. The van der Waals surface area contributed by atoms with Crippen molar-refractivity contribution >= 4 is 0 Å². The maximum absolute atomic E-state index is 9.70. The Hall–Kier alpha value is -1.10. The highest BCUT2D eigenvalue weighted by Crippen LogP contribution is 2.13. The largest absolute Gasteiger partial charge is 0.494 e. The average Bonchev–Trinajstić information content (AvgIpc) is 2.33. The molecule has 1 aromatic rings. The van der Waals surface area contributed by atoms with E-state index in [0.29, 0.717) is 19.7 Å². The van der Waals surface area contributed by atoms with Crippen LogP contribution >= 0.6 is 0 Å². The van der Waals surface area contributed by atoms with Gasteiger partial charge in [-0.2, -0.15) is 0 Å². The van der Waals surface area contributed by atoms with Crippen molar-refractivity contribution in [3.05, 3.63) is 29.8 Å². The molecule has 0 saturated heterocycles. The first kappa shape index (κ1) is 16.0. The Morgan fingerprint density at radius 3 is 2.74 bits per heavy atom. The van der Waals surface area contributed by atoms with Crippen LogP contribution in [0.15, 0.2) is 24.3 Å². The van der Waals surface area contributed by atoms with Gasteiger partial charge in [-0.1, -0.05) is 12.1 Å². The third kappa shape index (κ3) is 7.15. The number of aliphatic hydroxyl groups is 1. The van der Waals surface area contributed by atoms with E-state index in [2.05, 4.69) is 4.90 Å². The summed E-state index contributed by atoms with van der Waals surface area (Å²) < 4.78 is 5.68. The molecule has 1 aromatic carbocycles. The van der Waals surface area contributed by atoms with Crippen molar-refractivity contribution in [1.29, 1.82) is 0 Å². The monoisotopic (exact) mass is 266 g/mol. The molecule has 1 rings (SSSR count). The van der Waals surface area contributed by atoms with Crippen LogP contribution in [0.3, 0.4) is 0 Å². The van der Waals surface area contributed by atoms with Gasteiger partial charge >= 0.3 is 0 Å². The molecule has 0 fully saturated rings. The van der Waals surface area contributed by atoms with E-state index < -0.39 is 5.60 Å². The van der Waals surface area contributed by atoms with E-state index in [1.165, 1.54) is 0 Å². The van der Waals surface area contributed by atoms with E-state index in [4.69, 9.17) is 10.5 Å². The van der Waals surface area contributed by atoms with Crippen LogP contribution in [0.25, 0.3) is 0 Å². The minimum atomic E-state index is -0.648. The van der Waals surface area contributed by atoms with Gasteiger partial charge in [0.25, 0.3) is 0 Å². The number of ether oxygens (including phenoxy) is 1. The van der Waals surface area contributed by atoms with Crippen molar-refractivity contribution in [1.82, 2.24) is 4.90 Å². The second kappa shape index (κ2) is 7.48. The summed E-state index contributed by atoms with van der Waals surface area (Å²) in [5.41, 5.74) is 6.02. The van der Waals surface area contributed by atoms with Gasteiger partial charge in [-0.05, 0) is 45.0 Å². The number of likely N-dealkylation sites (N-methyl/N-ethyl adjacent to an activating group) is 1. The zero-order valence-corrected chi connectivity index (χ0v) is 12.2. The van der Waals surface area contributed by atoms with E-state index >= 15 is 0 Å². The fourth-order valence-electron chi connectivity index (χ4n) is 2.03. The Bertz CT molecular complexity index is 375. The van der Waals surface area contributed by atoms with Crippen LogP contribution < -0.4 is 10.5 Å².